The van der Waals surface area contributed by atoms with E-state index in [0.717, 1.165) is 0 Å². The summed E-state index contributed by atoms with van der Waals surface area (Å²) >= 11 is 0. The molecule has 1 heteroatoms. The van der Waals surface area contributed by atoms with Crippen LogP contribution in [0, 0.1) is 6.92 Å². The fraction of sp³-hybridized carbons (Fsp3) is 0.556. The largest absolute Gasteiger partial charge is 0.354 e. The fourth-order valence-corrected chi connectivity index (χ4v) is 1.02. The monoisotopic (exact) mass is 137 g/mol. The lowest BCUT2D eigenvalue weighted by Crippen LogP contribution is -1.86. The van der Waals surface area contributed by atoms with Crippen LogP contribution in [0.25, 0.3) is 0 Å². The first-order chi connectivity index (χ1) is 4.61. The van der Waals surface area contributed by atoms with Crippen LogP contribution in [-0.4, -0.2) is 4.57 Å². The zero-order chi connectivity index (χ0) is 7.72. The van der Waals surface area contributed by atoms with Crippen LogP contribution in [0.2, 0.25) is 0 Å². The minimum absolute atomic E-state index is 0.653. The van der Waals surface area contributed by atoms with E-state index in [4.69, 9.17) is 0 Å². The number of aryl methyl sites for hydroxylation is 2. The van der Waals surface area contributed by atoms with Gasteiger partial charge in [0.05, 0.1) is 0 Å². The lowest BCUT2D eigenvalue weighted by atomic mass is 10.1. The Bertz CT molecular complexity index is 201. The molecule has 56 valence electrons. The molecule has 0 bridgehead atoms. The van der Waals surface area contributed by atoms with Crippen molar-refractivity contribution in [1.29, 1.82) is 0 Å². The quantitative estimate of drug-likeness (QED) is 0.560. The topological polar surface area (TPSA) is 4.93 Å². The molecule has 0 saturated heterocycles. The molecule has 0 aliphatic rings. The van der Waals surface area contributed by atoms with Crippen molar-refractivity contribution in [1.82, 2.24) is 4.57 Å². The average molecular weight is 137 g/mol. The molecule has 0 spiro atoms. The van der Waals surface area contributed by atoms with E-state index in [1.807, 2.05) is 0 Å². The smallest absolute Gasteiger partial charge is 0.0143 e. The predicted molar refractivity (Wildman–Crippen MR) is 44.2 cm³/mol. The number of nitrogens with zero attached hydrogens (tertiary/aromatic N) is 1. The van der Waals surface area contributed by atoms with E-state index >= 15 is 0 Å². The number of hydrogen-bond acceptors (Lipinski definition) is 0. The number of hydrogen-bond donors (Lipinski definition) is 0. The molecule has 0 atom stereocenters. The Balaban J connectivity index is 2.98. The van der Waals surface area contributed by atoms with Gasteiger partial charge in [-0.1, -0.05) is 13.8 Å². The molecule has 1 heterocycles. The Kier molecular flexibility index (Phi) is 1.84. The van der Waals surface area contributed by atoms with Crippen LogP contribution in [0.15, 0.2) is 12.3 Å². The van der Waals surface area contributed by atoms with Gasteiger partial charge in [0.1, 0.15) is 0 Å². The molecule has 1 aromatic rings. The first-order valence-electron chi connectivity index (χ1n) is 3.74. The summed E-state index contributed by atoms with van der Waals surface area (Å²) in [6, 6.07) is 2.24. The average Bonchev–Trinajstić information content (AvgIpc) is 2.13. The molecule has 10 heavy (non-hydrogen) atoms. The van der Waals surface area contributed by atoms with Crippen molar-refractivity contribution in [3.05, 3.63) is 23.5 Å². The lowest BCUT2D eigenvalue weighted by Gasteiger charge is -1.97. The normalized spacial score (nSPS) is 10.9. The molecule has 0 aliphatic carbocycles. The fourth-order valence-electron chi connectivity index (χ4n) is 1.02. The van der Waals surface area contributed by atoms with E-state index in [9.17, 15) is 0 Å². The van der Waals surface area contributed by atoms with Crippen molar-refractivity contribution < 1.29 is 0 Å². The zero-order valence-electron chi connectivity index (χ0n) is 7.18. The van der Waals surface area contributed by atoms with Crippen LogP contribution in [0.1, 0.15) is 31.0 Å². The summed E-state index contributed by atoms with van der Waals surface area (Å²) in [5.41, 5.74) is 2.77. The van der Waals surface area contributed by atoms with Crippen molar-refractivity contribution in [3.63, 3.8) is 0 Å². The Morgan fingerprint density at radius 2 is 2.00 bits per heavy atom. The van der Waals surface area contributed by atoms with Crippen molar-refractivity contribution in [3.8, 4) is 0 Å². The maximum Gasteiger partial charge on any atom is 0.0143 e. The van der Waals surface area contributed by atoms with Gasteiger partial charge in [0.15, 0.2) is 0 Å². The summed E-state index contributed by atoms with van der Waals surface area (Å²) in [5, 5.41) is 0. The molecule has 1 rings (SSSR count). The van der Waals surface area contributed by atoms with Crippen LogP contribution in [0.4, 0.5) is 0 Å². The third-order valence-corrected chi connectivity index (χ3v) is 1.94. The molecule has 0 amide bonds. The molecule has 1 aromatic heterocycles. The summed E-state index contributed by atoms with van der Waals surface area (Å²) < 4.78 is 2.16. The minimum Gasteiger partial charge on any atom is -0.354 e. The van der Waals surface area contributed by atoms with Crippen molar-refractivity contribution in [2.45, 2.75) is 26.7 Å². The van der Waals surface area contributed by atoms with Crippen LogP contribution in [-0.2, 0) is 7.05 Å². The Labute approximate surface area is 62.7 Å². The Hall–Kier alpha value is -0.720. The van der Waals surface area contributed by atoms with Crippen molar-refractivity contribution in [2.24, 2.45) is 7.05 Å². The van der Waals surface area contributed by atoms with Crippen LogP contribution in [0.5, 0.6) is 0 Å². The highest BCUT2D eigenvalue weighted by Gasteiger charge is 2.01. The van der Waals surface area contributed by atoms with E-state index < -0.39 is 0 Å². The summed E-state index contributed by atoms with van der Waals surface area (Å²) in [6.45, 7) is 6.56. The predicted octanol–water partition coefficient (Wildman–Crippen LogP) is 2.46. The first-order valence-corrected chi connectivity index (χ1v) is 3.74. The van der Waals surface area contributed by atoms with Crippen LogP contribution in [0.3, 0.4) is 0 Å². The van der Waals surface area contributed by atoms with E-state index in [-0.39, 0.29) is 0 Å². The summed E-state index contributed by atoms with van der Waals surface area (Å²) in [7, 11) is 2.08. The standard InChI is InChI=1S/C9H15N/c1-7(2)9-5-8(3)10(4)6-9/h5-7H,1-4H3. The molecule has 0 N–H and O–H groups in total. The summed E-state index contributed by atoms with van der Waals surface area (Å²) in [4.78, 5) is 0. The van der Waals surface area contributed by atoms with Crippen LogP contribution < -0.4 is 0 Å². The number of aromatic nitrogens is 1. The van der Waals surface area contributed by atoms with Gasteiger partial charge in [0, 0.05) is 18.9 Å². The second kappa shape index (κ2) is 2.49. The molecular weight excluding hydrogens is 122 g/mol. The van der Waals surface area contributed by atoms with Gasteiger partial charge >= 0.3 is 0 Å². The van der Waals surface area contributed by atoms with Gasteiger partial charge < -0.3 is 4.57 Å². The highest BCUT2D eigenvalue weighted by molar-refractivity contribution is 5.20. The van der Waals surface area contributed by atoms with Gasteiger partial charge in [0.2, 0.25) is 0 Å². The van der Waals surface area contributed by atoms with Gasteiger partial charge in [-0.3, -0.25) is 0 Å². The Morgan fingerprint density at radius 1 is 1.40 bits per heavy atom. The van der Waals surface area contributed by atoms with Crippen LogP contribution >= 0.6 is 0 Å². The van der Waals surface area contributed by atoms with E-state index in [0.29, 0.717) is 5.92 Å². The molecule has 0 aliphatic heterocycles. The van der Waals surface area contributed by atoms with Gasteiger partial charge in [-0.15, -0.1) is 0 Å². The maximum atomic E-state index is 2.24. The third kappa shape index (κ3) is 1.23. The number of rotatable bonds is 1. The highest BCUT2D eigenvalue weighted by atomic mass is 14.9. The van der Waals surface area contributed by atoms with Gasteiger partial charge in [-0.05, 0) is 24.5 Å². The minimum atomic E-state index is 0.653. The second-order valence-electron chi connectivity index (χ2n) is 3.18. The maximum absolute atomic E-state index is 2.24. The van der Waals surface area contributed by atoms with Crippen molar-refractivity contribution in [2.75, 3.05) is 0 Å². The summed E-state index contributed by atoms with van der Waals surface area (Å²) in [6.07, 6.45) is 2.19. The van der Waals surface area contributed by atoms with E-state index in [2.05, 4.69) is 44.6 Å². The van der Waals surface area contributed by atoms with E-state index in [1.165, 1.54) is 11.3 Å². The van der Waals surface area contributed by atoms with Gasteiger partial charge in [0.25, 0.3) is 0 Å². The van der Waals surface area contributed by atoms with Gasteiger partial charge in [-0.25, -0.2) is 0 Å². The molecule has 0 unspecified atom stereocenters. The third-order valence-electron chi connectivity index (χ3n) is 1.94. The van der Waals surface area contributed by atoms with Gasteiger partial charge in [-0.2, -0.15) is 0 Å². The molecule has 0 aromatic carbocycles. The molecule has 0 saturated carbocycles. The zero-order valence-corrected chi connectivity index (χ0v) is 7.18. The molecule has 1 nitrogen and oxygen atoms in total. The molecular formula is C9H15N. The van der Waals surface area contributed by atoms with Crippen molar-refractivity contribution >= 4 is 0 Å². The van der Waals surface area contributed by atoms with E-state index in [1.54, 1.807) is 0 Å². The second-order valence-corrected chi connectivity index (χ2v) is 3.18. The lowest BCUT2D eigenvalue weighted by molar-refractivity contribution is 0.841. The SMILES string of the molecule is Cc1cc(C(C)C)cn1C. The first kappa shape index (κ1) is 7.39. The summed E-state index contributed by atoms with van der Waals surface area (Å²) in [5.74, 6) is 0.653. The molecule has 0 radical (unpaired) electrons. The molecule has 0 fully saturated rings. The highest BCUT2D eigenvalue weighted by Crippen LogP contribution is 2.15. The Morgan fingerprint density at radius 3 is 2.20 bits per heavy atom.